The van der Waals surface area contributed by atoms with E-state index in [1.54, 1.807) is 11.9 Å². The predicted molar refractivity (Wildman–Crippen MR) is 81.6 cm³/mol. The number of amides is 1. The summed E-state index contributed by atoms with van der Waals surface area (Å²) < 4.78 is 0. The molecule has 0 saturated heterocycles. The molecule has 3 heteroatoms. The highest BCUT2D eigenvalue weighted by molar-refractivity contribution is 5.90. The van der Waals surface area contributed by atoms with Gasteiger partial charge in [0.05, 0.1) is 18.6 Å². The fraction of sp³-hybridized carbons (Fsp3) is 0.353. The summed E-state index contributed by atoms with van der Waals surface area (Å²) >= 11 is 0. The standard InChI is InChI=1S/C17H21NO2/c1-17(2,12-19)18(3)16(20)11-14-9-6-8-13-7-4-5-10-15(13)14/h4-10,19H,11-12H2,1-3H3. The van der Waals surface area contributed by atoms with Gasteiger partial charge in [-0.05, 0) is 30.2 Å². The summed E-state index contributed by atoms with van der Waals surface area (Å²) in [6.07, 6.45) is 0.348. The highest BCUT2D eigenvalue weighted by Crippen LogP contribution is 2.20. The lowest BCUT2D eigenvalue weighted by Gasteiger charge is -2.34. The summed E-state index contributed by atoms with van der Waals surface area (Å²) in [5.41, 5.74) is 0.482. The molecule has 0 fully saturated rings. The molecule has 2 rings (SSSR count). The van der Waals surface area contributed by atoms with E-state index >= 15 is 0 Å². The van der Waals surface area contributed by atoms with Crippen LogP contribution in [0.2, 0.25) is 0 Å². The molecule has 0 unspecified atom stereocenters. The van der Waals surface area contributed by atoms with E-state index in [0.717, 1.165) is 16.3 Å². The van der Waals surface area contributed by atoms with Gasteiger partial charge in [-0.15, -0.1) is 0 Å². The second-order valence-corrected chi connectivity index (χ2v) is 5.74. The molecule has 0 aromatic heterocycles. The van der Waals surface area contributed by atoms with Crippen molar-refractivity contribution in [1.29, 1.82) is 0 Å². The minimum absolute atomic E-state index is 0.0143. The molecule has 2 aromatic carbocycles. The number of nitrogens with zero attached hydrogens (tertiary/aromatic N) is 1. The van der Waals surface area contributed by atoms with Crippen molar-refractivity contribution >= 4 is 16.7 Å². The fourth-order valence-corrected chi connectivity index (χ4v) is 2.17. The van der Waals surface area contributed by atoms with Gasteiger partial charge in [-0.3, -0.25) is 4.79 Å². The Kier molecular flexibility index (Phi) is 4.09. The number of aliphatic hydroxyl groups excluding tert-OH is 1. The minimum atomic E-state index is -0.540. The second kappa shape index (κ2) is 5.63. The van der Waals surface area contributed by atoms with Crippen molar-refractivity contribution in [2.24, 2.45) is 0 Å². The number of rotatable bonds is 4. The molecule has 0 heterocycles. The number of carbonyl (C=O) groups excluding carboxylic acids is 1. The molecule has 0 atom stereocenters. The minimum Gasteiger partial charge on any atom is -0.394 e. The van der Waals surface area contributed by atoms with Crippen molar-refractivity contribution < 1.29 is 9.90 Å². The first-order chi connectivity index (χ1) is 9.45. The van der Waals surface area contributed by atoms with E-state index in [9.17, 15) is 9.90 Å². The van der Waals surface area contributed by atoms with Crippen LogP contribution in [-0.4, -0.2) is 35.1 Å². The van der Waals surface area contributed by atoms with Crippen LogP contribution < -0.4 is 0 Å². The van der Waals surface area contributed by atoms with Crippen LogP contribution in [0.1, 0.15) is 19.4 Å². The van der Waals surface area contributed by atoms with E-state index in [4.69, 9.17) is 0 Å². The highest BCUT2D eigenvalue weighted by atomic mass is 16.3. The Morgan fingerprint density at radius 2 is 1.80 bits per heavy atom. The quantitative estimate of drug-likeness (QED) is 0.928. The topological polar surface area (TPSA) is 40.5 Å². The molecule has 0 spiro atoms. The molecule has 3 nitrogen and oxygen atoms in total. The highest BCUT2D eigenvalue weighted by Gasteiger charge is 2.26. The Labute approximate surface area is 119 Å². The van der Waals surface area contributed by atoms with E-state index in [1.807, 2.05) is 56.3 Å². The van der Waals surface area contributed by atoms with Crippen LogP contribution in [0.15, 0.2) is 42.5 Å². The molecule has 20 heavy (non-hydrogen) atoms. The van der Waals surface area contributed by atoms with Crippen molar-refractivity contribution in [1.82, 2.24) is 4.90 Å². The van der Waals surface area contributed by atoms with Crippen LogP contribution in [0.5, 0.6) is 0 Å². The average molecular weight is 271 g/mol. The largest absolute Gasteiger partial charge is 0.394 e. The Morgan fingerprint density at radius 3 is 2.50 bits per heavy atom. The lowest BCUT2D eigenvalue weighted by molar-refractivity contribution is -0.135. The van der Waals surface area contributed by atoms with Crippen LogP contribution in [0.4, 0.5) is 0 Å². The van der Waals surface area contributed by atoms with Crippen molar-refractivity contribution in [3.05, 3.63) is 48.0 Å². The summed E-state index contributed by atoms with van der Waals surface area (Å²) in [5.74, 6) is 0.0143. The number of likely N-dealkylation sites (N-methyl/N-ethyl adjacent to an activating group) is 1. The first-order valence-corrected chi connectivity index (χ1v) is 6.80. The number of fused-ring (bicyclic) bond motifs is 1. The number of aliphatic hydroxyl groups is 1. The maximum absolute atomic E-state index is 12.4. The van der Waals surface area contributed by atoms with Crippen molar-refractivity contribution in [3.63, 3.8) is 0 Å². The van der Waals surface area contributed by atoms with E-state index in [1.165, 1.54) is 0 Å². The van der Waals surface area contributed by atoms with Gasteiger partial charge in [0.2, 0.25) is 5.91 Å². The Hall–Kier alpha value is -1.87. The maximum atomic E-state index is 12.4. The van der Waals surface area contributed by atoms with Crippen molar-refractivity contribution in [3.8, 4) is 0 Å². The Balaban J connectivity index is 2.27. The van der Waals surface area contributed by atoms with Crippen LogP contribution in [0.3, 0.4) is 0 Å². The second-order valence-electron chi connectivity index (χ2n) is 5.74. The third-order valence-corrected chi connectivity index (χ3v) is 3.89. The molecular formula is C17H21NO2. The number of hydrogen-bond donors (Lipinski definition) is 1. The number of carbonyl (C=O) groups is 1. The molecule has 0 radical (unpaired) electrons. The molecule has 0 aliphatic rings. The van der Waals surface area contributed by atoms with Gasteiger partial charge >= 0.3 is 0 Å². The van der Waals surface area contributed by atoms with Crippen molar-refractivity contribution in [2.45, 2.75) is 25.8 Å². The lowest BCUT2D eigenvalue weighted by Crippen LogP contribution is -2.48. The van der Waals surface area contributed by atoms with Gasteiger partial charge in [0.25, 0.3) is 0 Å². The zero-order valence-electron chi connectivity index (χ0n) is 12.3. The molecule has 2 aromatic rings. The van der Waals surface area contributed by atoms with Gasteiger partial charge < -0.3 is 10.0 Å². The molecule has 1 amide bonds. The summed E-state index contributed by atoms with van der Waals surface area (Å²) in [4.78, 5) is 14.0. The molecule has 0 aliphatic heterocycles. The zero-order valence-corrected chi connectivity index (χ0v) is 12.3. The van der Waals surface area contributed by atoms with Gasteiger partial charge in [0.15, 0.2) is 0 Å². The Morgan fingerprint density at radius 1 is 1.15 bits per heavy atom. The summed E-state index contributed by atoms with van der Waals surface area (Å²) in [7, 11) is 1.74. The van der Waals surface area contributed by atoms with Gasteiger partial charge in [-0.2, -0.15) is 0 Å². The van der Waals surface area contributed by atoms with Gasteiger partial charge in [-0.1, -0.05) is 42.5 Å². The van der Waals surface area contributed by atoms with E-state index < -0.39 is 5.54 Å². The smallest absolute Gasteiger partial charge is 0.227 e. The average Bonchev–Trinajstić information content (AvgIpc) is 2.46. The maximum Gasteiger partial charge on any atom is 0.227 e. The van der Waals surface area contributed by atoms with Crippen LogP contribution in [0.25, 0.3) is 10.8 Å². The molecule has 1 N–H and O–H groups in total. The van der Waals surface area contributed by atoms with Crippen LogP contribution in [0, 0.1) is 0 Å². The van der Waals surface area contributed by atoms with Gasteiger partial charge in [-0.25, -0.2) is 0 Å². The van der Waals surface area contributed by atoms with Crippen LogP contribution >= 0.6 is 0 Å². The zero-order chi connectivity index (χ0) is 14.8. The molecular weight excluding hydrogens is 250 g/mol. The fourth-order valence-electron chi connectivity index (χ4n) is 2.17. The normalized spacial score (nSPS) is 11.6. The first-order valence-electron chi connectivity index (χ1n) is 6.80. The predicted octanol–water partition coefficient (Wildman–Crippen LogP) is 2.61. The van der Waals surface area contributed by atoms with Gasteiger partial charge in [0.1, 0.15) is 0 Å². The van der Waals surface area contributed by atoms with E-state index in [2.05, 4.69) is 0 Å². The van der Waals surface area contributed by atoms with Crippen molar-refractivity contribution in [2.75, 3.05) is 13.7 Å². The Bertz CT molecular complexity index is 614. The monoisotopic (exact) mass is 271 g/mol. The van der Waals surface area contributed by atoms with E-state index in [-0.39, 0.29) is 12.5 Å². The molecule has 106 valence electrons. The van der Waals surface area contributed by atoms with Crippen LogP contribution in [-0.2, 0) is 11.2 Å². The number of benzene rings is 2. The van der Waals surface area contributed by atoms with Gasteiger partial charge in [0, 0.05) is 7.05 Å². The molecule has 0 bridgehead atoms. The summed E-state index contributed by atoms with van der Waals surface area (Å²) in [5, 5.41) is 11.6. The summed E-state index contributed by atoms with van der Waals surface area (Å²) in [6, 6.07) is 14.1. The first kappa shape index (κ1) is 14.5. The molecule has 0 aliphatic carbocycles. The SMILES string of the molecule is CN(C(=O)Cc1cccc2ccccc12)C(C)(C)CO. The lowest BCUT2D eigenvalue weighted by atomic mass is 10.00. The number of hydrogen-bond acceptors (Lipinski definition) is 2. The molecule has 0 saturated carbocycles. The third kappa shape index (κ3) is 2.83. The van der Waals surface area contributed by atoms with E-state index in [0.29, 0.717) is 6.42 Å². The third-order valence-electron chi connectivity index (χ3n) is 3.89. The summed E-state index contributed by atoms with van der Waals surface area (Å²) in [6.45, 7) is 3.66.